The zero-order chi connectivity index (χ0) is 9.52. The van der Waals surface area contributed by atoms with Gasteiger partial charge in [-0.05, 0) is 20.8 Å². The molecule has 0 aromatic heterocycles. The third-order valence-electron chi connectivity index (χ3n) is 1.53. The molecule has 0 spiro atoms. The summed E-state index contributed by atoms with van der Waals surface area (Å²) >= 11 is 0. The Hall–Kier alpha value is -0.670. The lowest BCUT2D eigenvalue weighted by Gasteiger charge is -2.18. The Morgan fingerprint density at radius 2 is 1.67 bits per heavy atom. The molecule has 1 aliphatic rings. The Balaban J connectivity index is 2.41. The van der Waals surface area contributed by atoms with E-state index in [4.69, 9.17) is 4.74 Å². The van der Waals surface area contributed by atoms with Crippen LogP contribution in [0.25, 0.3) is 0 Å². The maximum absolute atomic E-state index is 12.3. The number of halogens is 2. The van der Waals surface area contributed by atoms with Crippen molar-refractivity contribution < 1.29 is 18.3 Å². The average Bonchev–Trinajstić information content (AvgIpc) is 2.36. The van der Waals surface area contributed by atoms with Crippen molar-refractivity contribution in [3.05, 3.63) is 0 Å². The van der Waals surface area contributed by atoms with Crippen LogP contribution in [0.3, 0.4) is 0 Å². The van der Waals surface area contributed by atoms with Crippen molar-refractivity contribution in [2.24, 2.45) is 5.92 Å². The van der Waals surface area contributed by atoms with Gasteiger partial charge in [-0.25, -0.2) is 8.78 Å². The fraction of sp³-hybridized carbons (Fsp3) is 0.875. The van der Waals surface area contributed by atoms with Crippen LogP contribution in [0.2, 0.25) is 0 Å². The van der Waals surface area contributed by atoms with Gasteiger partial charge in [0.2, 0.25) is 0 Å². The molecule has 12 heavy (non-hydrogen) atoms. The molecule has 1 aliphatic carbocycles. The number of carbonyl (C=O) groups excluding carboxylic acids is 1. The zero-order valence-electron chi connectivity index (χ0n) is 7.30. The summed E-state index contributed by atoms with van der Waals surface area (Å²) in [5, 5.41) is 0. The predicted octanol–water partition coefficient (Wildman–Crippen LogP) is 1.63. The molecule has 1 rings (SSSR count). The van der Waals surface area contributed by atoms with E-state index in [0.717, 1.165) is 0 Å². The van der Waals surface area contributed by atoms with Crippen LogP contribution in [0.15, 0.2) is 0 Å². The molecule has 4 heteroatoms. The molecule has 2 atom stereocenters. The Labute approximate surface area is 69.9 Å². The summed E-state index contributed by atoms with van der Waals surface area (Å²) < 4.78 is 29.4. The average molecular weight is 178 g/mol. The van der Waals surface area contributed by atoms with Crippen LogP contribution in [0.5, 0.6) is 0 Å². The highest BCUT2D eigenvalue weighted by Gasteiger charge is 2.59. The van der Waals surface area contributed by atoms with E-state index in [1.807, 2.05) is 0 Å². The highest BCUT2D eigenvalue weighted by Crippen LogP contribution is 2.39. The minimum absolute atomic E-state index is 0.668. The van der Waals surface area contributed by atoms with E-state index < -0.39 is 29.8 Å². The van der Waals surface area contributed by atoms with Crippen molar-refractivity contribution in [1.29, 1.82) is 0 Å². The number of hydrogen-bond acceptors (Lipinski definition) is 2. The van der Waals surface area contributed by atoms with Crippen molar-refractivity contribution in [1.82, 2.24) is 0 Å². The molecule has 0 heterocycles. The number of alkyl halides is 2. The van der Waals surface area contributed by atoms with Gasteiger partial charge in [-0.2, -0.15) is 0 Å². The first-order valence-corrected chi connectivity index (χ1v) is 3.84. The molecule has 0 radical (unpaired) electrons. The van der Waals surface area contributed by atoms with Gasteiger partial charge < -0.3 is 4.74 Å². The maximum atomic E-state index is 12.3. The van der Waals surface area contributed by atoms with Gasteiger partial charge >= 0.3 is 5.97 Å². The molecular formula is C8H12F2O2. The van der Waals surface area contributed by atoms with Crippen molar-refractivity contribution in [3.8, 4) is 0 Å². The van der Waals surface area contributed by atoms with Gasteiger partial charge in [-0.1, -0.05) is 0 Å². The molecule has 0 amide bonds. The molecule has 0 aromatic carbocycles. The Morgan fingerprint density at radius 1 is 1.25 bits per heavy atom. The van der Waals surface area contributed by atoms with Crippen LogP contribution < -0.4 is 0 Å². The van der Waals surface area contributed by atoms with Crippen LogP contribution in [0, 0.1) is 5.92 Å². The summed E-state index contributed by atoms with van der Waals surface area (Å²) in [4.78, 5) is 10.9. The molecule has 0 aliphatic heterocycles. The molecule has 1 saturated carbocycles. The van der Waals surface area contributed by atoms with E-state index in [1.165, 1.54) is 0 Å². The first kappa shape index (κ1) is 9.42. The van der Waals surface area contributed by atoms with Crippen LogP contribution in [0.4, 0.5) is 8.78 Å². The first-order chi connectivity index (χ1) is 5.33. The molecule has 70 valence electrons. The lowest BCUT2D eigenvalue weighted by molar-refractivity contribution is -0.157. The number of hydrogen-bond donors (Lipinski definition) is 0. The molecule has 0 N–H and O–H groups in total. The number of esters is 1. The monoisotopic (exact) mass is 178 g/mol. The van der Waals surface area contributed by atoms with Crippen LogP contribution in [-0.2, 0) is 9.53 Å². The summed E-state index contributed by atoms with van der Waals surface area (Å²) in [5.41, 5.74) is -0.668. The summed E-state index contributed by atoms with van der Waals surface area (Å²) in [6, 6.07) is 0. The highest BCUT2D eigenvalue weighted by molar-refractivity contribution is 5.78. The second-order valence-electron chi connectivity index (χ2n) is 3.95. The van der Waals surface area contributed by atoms with Crippen molar-refractivity contribution in [3.63, 3.8) is 0 Å². The second kappa shape index (κ2) is 2.68. The predicted molar refractivity (Wildman–Crippen MR) is 39.1 cm³/mol. The Morgan fingerprint density at radius 3 is 1.92 bits per heavy atom. The van der Waals surface area contributed by atoms with Crippen molar-refractivity contribution in [2.45, 2.75) is 38.7 Å². The smallest absolute Gasteiger partial charge is 0.315 e. The van der Waals surface area contributed by atoms with E-state index in [0.29, 0.717) is 0 Å². The third-order valence-corrected chi connectivity index (χ3v) is 1.53. The van der Waals surface area contributed by atoms with Crippen LogP contribution in [0.1, 0.15) is 20.8 Å². The van der Waals surface area contributed by atoms with Crippen LogP contribution >= 0.6 is 0 Å². The lowest BCUT2D eigenvalue weighted by Crippen LogP contribution is -2.25. The molecule has 2 nitrogen and oxygen atoms in total. The quantitative estimate of drug-likeness (QED) is 0.570. The summed E-state index contributed by atoms with van der Waals surface area (Å²) in [6.07, 6.45) is -3.31. The van der Waals surface area contributed by atoms with Crippen molar-refractivity contribution >= 4 is 5.97 Å². The lowest BCUT2D eigenvalue weighted by atomic mass is 10.2. The maximum Gasteiger partial charge on any atom is 0.315 e. The number of rotatable bonds is 1. The normalized spacial score (nSPS) is 34.6. The first-order valence-electron chi connectivity index (χ1n) is 3.84. The van der Waals surface area contributed by atoms with Crippen LogP contribution in [-0.4, -0.2) is 23.9 Å². The van der Waals surface area contributed by atoms with Gasteiger partial charge in [0.05, 0.1) is 0 Å². The molecule has 2 unspecified atom stereocenters. The van der Waals surface area contributed by atoms with Gasteiger partial charge in [0.1, 0.15) is 23.9 Å². The minimum Gasteiger partial charge on any atom is -0.460 e. The zero-order valence-corrected chi connectivity index (χ0v) is 7.30. The molecule has 0 saturated heterocycles. The van der Waals surface area contributed by atoms with Gasteiger partial charge in [0.15, 0.2) is 0 Å². The highest BCUT2D eigenvalue weighted by atomic mass is 19.2. The van der Waals surface area contributed by atoms with E-state index in [-0.39, 0.29) is 0 Å². The summed E-state index contributed by atoms with van der Waals surface area (Å²) in [6.45, 7) is 4.98. The molecule has 0 bridgehead atoms. The molecule has 1 fully saturated rings. The largest absolute Gasteiger partial charge is 0.460 e. The fourth-order valence-corrected chi connectivity index (χ4v) is 0.870. The fourth-order valence-electron chi connectivity index (χ4n) is 0.870. The van der Waals surface area contributed by atoms with Crippen molar-refractivity contribution in [2.75, 3.05) is 0 Å². The van der Waals surface area contributed by atoms with E-state index in [1.54, 1.807) is 20.8 Å². The van der Waals surface area contributed by atoms with Gasteiger partial charge in [-0.15, -0.1) is 0 Å². The topological polar surface area (TPSA) is 26.3 Å². The molecule has 0 aromatic rings. The van der Waals surface area contributed by atoms with Gasteiger partial charge in [0, 0.05) is 0 Å². The number of carbonyl (C=O) groups is 1. The van der Waals surface area contributed by atoms with Gasteiger partial charge in [0.25, 0.3) is 0 Å². The van der Waals surface area contributed by atoms with E-state index in [2.05, 4.69) is 0 Å². The third kappa shape index (κ3) is 1.93. The van der Waals surface area contributed by atoms with E-state index in [9.17, 15) is 13.6 Å². The Bertz CT molecular complexity index is 190. The van der Waals surface area contributed by atoms with E-state index >= 15 is 0 Å². The molecular weight excluding hydrogens is 166 g/mol. The second-order valence-corrected chi connectivity index (χ2v) is 3.95. The standard InChI is InChI=1S/C8H12F2O2/c1-8(2,3)12-7(11)4-5(9)6(4)10/h4-6H,1-3H3. The SMILES string of the molecule is CC(C)(C)OC(=O)C1C(F)C1F. The summed E-state index contributed by atoms with van der Waals surface area (Å²) in [7, 11) is 0. The van der Waals surface area contributed by atoms with Gasteiger partial charge in [-0.3, -0.25) is 4.79 Å². The minimum atomic E-state index is -1.65. The summed E-state index contributed by atoms with van der Waals surface area (Å²) in [5.74, 6) is -1.95. The Kier molecular flexibility index (Phi) is 2.10. The number of ether oxygens (including phenoxy) is 1.